The Hall–Kier alpha value is -2.29. The number of nitrogens with zero attached hydrogens (tertiary/aromatic N) is 1. The molecular weight excluding hydrogens is 380 g/mol. The Morgan fingerprint density at radius 3 is 2.06 bits per heavy atom. The normalized spacial score (nSPS) is 10.9. The molecule has 0 bridgehead atoms. The number of amides is 2. The SMILES string of the molecule is CCCCCCCN(Cc1ccc(CCCC)cc1)C(=O)Nc1cc(C)c(C)cc1C. The highest BCUT2D eigenvalue weighted by atomic mass is 16.2. The summed E-state index contributed by atoms with van der Waals surface area (Å²) in [6, 6.07) is 13.0. The first-order valence-corrected chi connectivity index (χ1v) is 12.2. The maximum Gasteiger partial charge on any atom is 0.322 e. The number of unbranched alkanes of at least 4 members (excludes halogenated alkanes) is 5. The second-order valence-electron chi connectivity index (χ2n) is 8.94. The number of hydrogen-bond acceptors (Lipinski definition) is 1. The third-order valence-electron chi connectivity index (χ3n) is 6.12. The number of carbonyl (C=O) groups excluding carboxylic acids is 1. The molecule has 2 amide bonds. The fraction of sp³-hybridized carbons (Fsp3) is 0.536. The van der Waals surface area contributed by atoms with E-state index < -0.39 is 0 Å². The Balaban J connectivity index is 2.07. The summed E-state index contributed by atoms with van der Waals surface area (Å²) >= 11 is 0. The van der Waals surface area contributed by atoms with Gasteiger partial charge >= 0.3 is 6.03 Å². The number of urea groups is 1. The summed E-state index contributed by atoms with van der Waals surface area (Å²) in [6.45, 7) is 12.2. The summed E-state index contributed by atoms with van der Waals surface area (Å²) in [4.78, 5) is 15.2. The third-order valence-corrected chi connectivity index (χ3v) is 6.12. The topological polar surface area (TPSA) is 32.3 Å². The molecule has 0 fully saturated rings. The van der Waals surface area contributed by atoms with E-state index in [0.29, 0.717) is 6.54 Å². The molecule has 2 rings (SSSR count). The van der Waals surface area contributed by atoms with Crippen LogP contribution >= 0.6 is 0 Å². The van der Waals surface area contributed by atoms with Gasteiger partial charge in [0.25, 0.3) is 0 Å². The highest BCUT2D eigenvalue weighted by molar-refractivity contribution is 5.90. The number of carbonyl (C=O) groups is 1. The molecule has 0 unspecified atom stereocenters. The van der Waals surface area contributed by atoms with E-state index in [9.17, 15) is 4.79 Å². The zero-order valence-electron chi connectivity index (χ0n) is 20.4. The molecule has 3 heteroatoms. The van der Waals surface area contributed by atoms with Gasteiger partial charge in [-0.05, 0) is 73.9 Å². The van der Waals surface area contributed by atoms with Crippen molar-refractivity contribution in [1.29, 1.82) is 0 Å². The van der Waals surface area contributed by atoms with Gasteiger partial charge in [-0.25, -0.2) is 4.79 Å². The molecule has 0 spiro atoms. The average Bonchev–Trinajstić information content (AvgIpc) is 2.75. The molecule has 0 radical (unpaired) electrons. The quantitative estimate of drug-likeness (QED) is 0.346. The van der Waals surface area contributed by atoms with Crippen LogP contribution in [-0.4, -0.2) is 17.5 Å². The number of rotatable bonds is 12. The molecular formula is C28H42N2O. The molecule has 0 aliphatic heterocycles. The van der Waals surface area contributed by atoms with Crippen LogP contribution in [0.5, 0.6) is 0 Å². The van der Waals surface area contributed by atoms with E-state index in [-0.39, 0.29) is 6.03 Å². The zero-order valence-corrected chi connectivity index (χ0v) is 20.4. The summed E-state index contributed by atoms with van der Waals surface area (Å²) in [5.74, 6) is 0. The summed E-state index contributed by atoms with van der Waals surface area (Å²) < 4.78 is 0. The molecule has 2 aromatic rings. The predicted molar refractivity (Wildman–Crippen MR) is 134 cm³/mol. The molecule has 3 nitrogen and oxygen atoms in total. The Morgan fingerprint density at radius 2 is 1.39 bits per heavy atom. The lowest BCUT2D eigenvalue weighted by atomic mass is 10.0. The fourth-order valence-corrected chi connectivity index (χ4v) is 3.86. The molecule has 31 heavy (non-hydrogen) atoms. The van der Waals surface area contributed by atoms with Crippen molar-refractivity contribution in [2.75, 3.05) is 11.9 Å². The Kier molecular flexibility index (Phi) is 10.6. The van der Waals surface area contributed by atoms with E-state index >= 15 is 0 Å². The van der Waals surface area contributed by atoms with Crippen molar-refractivity contribution in [3.8, 4) is 0 Å². The number of benzene rings is 2. The summed E-state index contributed by atoms with van der Waals surface area (Å²) in [7, 11) is 0. The zero-order chi connectivity index (χ0) is 22.6. The van der Waals surface area contributed by atoms with Crippen molar-refractivity contribution < 1.29 is 4.79 Å². The van der Waals surface area contributed by atoms with Crippen molar-refractivity contribution >= 4 is 11.7 Å². The van der Waals surface area contributed by atoms with Crippen molar-refractivity contribution in [3.05, 3.63) is 64.2 Å². The van der Waals surface area contributed by atoms with Crippen molar-refractivity contribution in [2.24, 2.45) is 0 Å². The van der Waals surface area contributed by atoms with E-state index in [1.54, 1.807) is 0 Å². The minimum atomic E-state index is -0.00287. The van der Waals surface area contributed by atoms with Gasteiger partial charge in [-0.3, -0.25) is 0 Å². The van der Waals surface area contributed by atoms with Crippen LogP contribution in [0.3, 0.4) is 0 Å². The molecule has 0 aromatic heterocycles. The first kappa shape index (κ1) is 25.0. The third kappa shape index (κ3) is 8.40. The van der Waals surface area contributed by atoms with E-state index in [0.717, 1.165) is 30.6 Å². The first-order valence-electron chi connectivity index (χ1n) is 12.2. The van der Waals surface area contributed by atoms with Gasteiger partial charge in [0.05, 0.1) is 0 Å². The maximum atomic E-state index is 13.2. The minimum Gasteiger partial charge on any atom is -0.320 e. The Morgan fingerprint density at radius 1 is 0.774 bits per heavy atom. The molecule has 0 heterocycles. The predicted octanol–water partition coefficient (Wildman–Crippen LogP) is 7.96. The summed E-state index contributed by atoms with van der Waals surface area (Å²) in [5, 5.41) is 3.18. The Bertz CT molecular complexity index is 811. The van der Waals surface area contributed by atoms with Crippen molar-refractivity contribution in [2.45, 2.75) is 92.5 Å². The molecule has 0 aliphatic carbocycles. The maximum absolute atomic E-state index is 13.2. The Labute approximate surface area is 190 Å². The molecule has 170 valence electrons. The highest BCUT2D eigenvalue weighted by Crippen LogP contribution is 2.21. The van der Waals surface area contributed by atoms with Crippen molar-refractivity contribution in [1.82, 2.24) is 4.90 Å². The van der Waals surface area contributed by atoms with Crippen LogP contribution in [0.15, 0.2) is 36.4 Å². The van der Waals surface area contributed by atoms with Gasteiger partial charge in [0, 0.05) is 18.8 Å². The van der Waals surface area contributed by atoms with Gasteiger partial charge in [-0.2, -0.15) is 0 Å². The molecule has 1 N–H and O–H groups in total. The van der Waals surface area contributed by atoms with Crippen LogP contribution < -0.4 is 5.32 Å². The van der Waals surface area contributed by atoms with Crippen molar-refractivity contribution in [3.63, 3.8) is 0 Å². The number of anilines is 1. The molecule has 0 aliphatic rings. The van der Waals surface area contributed by atoms with E-state index in [2.05, 4.69) is 76.3 Å². The summed E-state index contributed by atoms with van der Waals surface area (Å²) in [6.07, 6.45) is 9.55. The molecule has 0 saturated carbocycles. The monoisotopic (exact) mass is 422 g/mol. The smallest absolute Gasteiger partial charge is 0.320 e. The van der Waals surface area contributed by atoms with Crippen LogP contribution in [0, 0.1) is 20.8 Å². The molecule has 2 aromatic carbocycles. The first-order chi connectivity index (χ1) is 14.9. The van der Waals surface area contributed by atoms with Gasteiger partial charge in [0.1, 0.15) is 0 Å². The van der Waals surface area contributed by atoms with Gasteiger partial charge in [-0.1, -0.05) is 76.3 Å². The number of hydrogen-bond donors (Lipinski definition) is 1. The largest absolute Gasteiger partial charge is 0.322 e. The minimum absolute atomic E-state index is 0.00287. The van der Waals surface area contributed by atoms with Crippen LogP contribution in [0.25, 0.3) is 0 Å². The average molecular weight is 423 g/mol. The standard InChI is InChI=1S/C28H42N2O/c1-6-8-10-11-12-18-30(21-26-16-14-25(15-17-26)13-9-7-2)28(31)29-27-20-23(4)22(3)19-24(27)5/h14-17,19-20H,6-13,18,21H2,1-5H3,(H,29,31). The van der Waals surface area contributed by atoms with E-state index in [1.165, 1.54) is 60.8 Å². The lowest BCUT2D eigenvalue weighted by Gasteiger charge is -2.24. The van der Waals surface area contributed by atoms with Crippen LogP contribution in [-0.2, 0) is 13.0 Å². The van der Waals surface area contributed by atoms with Gasteiger partial charge in [0.15, 0.2) is 0 Å². The van der Waals surface area contributed by atoms with Crippen LogP contribution in [0.4, 0.5) is 10.5 Å². The molecule has 0 atom stereocenters. The summed E-state index contributed by atoms with van der Waals surface area (Å²) in [5.41, 5.74) is 7.06. The van der Waals surface area contributed by atoms with Crippen LogP contribution in [0.1, 0.15) is 86.6 Å². The lowest BCUT2D eigenvalue weighted by Crippen LogP contribution is -2.35. The lowest BCUT2D eigenvalue weighted by molar-refractivity contribution is 0.207. The fourth-order valence-electron chi connectivity index (χ4n) is 3.86. The second kappa shape index (κ2) is 13.2. The van der Waals surface area contributed by atoms with Gasteiger partial charge < -0.3 is 10.2 Å². The number of nitrogens with one attached hydrogen (secondary N) is 1. The van der Waals surface area contributed by atoms with Crippen LogP contribution in [0.2, 0.25) is 0 Å². The van der Waals surface area contributed by atoms with Gasteiger partial charge in [0.2, 0.25) is 0 Å². The van der Waals surface area contributed by atoms with E-state index in [1.807, 2.05) is 4.90 Å². The van der Waals surface area contributed by atoms with Gasteiger partial charge in [-0.15, -0.1) is 0 Å². The highest BCUT2D eigenvalue weighted by Gasteiger charge is 2.15. The number of aryl methyl sites for hydroxylation is 4. The van der Waals surface area contributed by atoms with E-state index in [4.69, 9.17) is 0 Å². The second-order valence-corrected chi connectivity index (χ2v) is 8.94. The molecule has 0 saturated heterocycles.